The minimum absolute atomic E-state index is 0.000276. The Labute approximate surface area is 194 Å². The fourth-order valence-electron chi connectivity index (χ4n) is 3.19. The first-order valence-corrected chi connectivity index (χ1v) is 11.1. The van der Waals surface area contributed by atoms with E-state index in [-0.39, 0.29) is 23.2 Å². The number of anilines is 1. The van der Waals surface area contributed by atoms with E-state index in [9.17, 15) is 4.79 Å². The molecule has 0 aliphatic heterocycles. The molecule has 0 saturated heterocycles. The van der Waals surface area contributed by atoms with Crippen LogP contribution in [0.25, 0.3) is 11.5 Å². The van der Waals surface area contributed by atoms with E-state index in [1.54, 1.807) is 24.3 Å². The van der Waals surface area contributed by atoms with Crippen molar-refractivity contribution < 1.29 is 23.4 Å². The molecule has 0 aliphatic rings. The molecule has 0 radical (unpaired) electrons. The van der Waals surface area contributed by atoms with Crippen LogP contribution in [0.3, 0.4) is 0 Å². The third-order valence-electron chi connectivity index (χ3n) is 4.81. The maximum atomic E-state index is 12.6. The molecule has 8 nitrogen and oxygen atoms in total. The summed E-state index contributed by atoms with van der Waals surface area (Å²) < 4.78 is 22.9. The second-order valence-electron chi connectivity index (χ2n) is 8.29. The lowest BCUT2D eigenvalue weighted by atomic mass is 9.87. The smallest absolute Gasteiger partial charge is 0.322 e. The lowest BCUT2D eigenvalue weighted by molar-refractivity contribution is 0.102. The van der Waals surface area contributed by atoms with Gasteiger partial charge in [-0.15, -0.1) is 5.10 Å². The molecule has 0 spiro atoms. The number of hydrogen-bond donors (Lipinski definition) is 1. The number of benzene rings is 2. The Morgan fingerprint density at radius 3 is 2.00 bits per heavy atom. The van der Waals surface area contributed by atoms with Crippen molar-refractivity contribution in [2.24, 2.45) is 0 Å². The standard InChI is InChI=1S/C25H31N3O5/c1-7-30-19-14-17(15-20(31-8-2)21(19)32-9-3)23-27-28-24(33-23)26-22(29)16-10-12-18(13-11-16)25(4,5)6/h10-15H,7-9H2,1-6H3,(H,26,28,29). The van der Waals surface area contributed by atoms with Crippen LogP contribution in [0.5, 0.6) is 17.2 Å². The number of hydrogen-bond acceptors (Lipinski definition) is 7. The fourth-order valence-corrected chi connectivity index (χ4v) is 3.19. The van der Waals surface area contributed by atoms with Crippen molar-refractivity contribution in [3.8, 4) is 28.7 Å². The van der Waals surface area contributed by atoms with Crippen LogP contribution in [0.4, 0.5) is 6.01 Å². The number of rotatable bonds is 9. The molecule has 0 atom stereocenters. The van der Waals surface area contributed by atoms with Crippen molar-refractivity contribution in [3.05, 3.63) is 47.5 Å². The molecule has 8 heteroatoms. The highest BCUT2D eigenvalue weighted by Crippen LogP contribution is 2.41. The van der Waals surface area contributed by atoms with Gasteiger partial charge in [-0.25, -0.2) is 0 Å². The Balaban J connectivity index is 1.83. The van der Waals surface area contributed by atoms with Crippen molar-refractivity contribution in [2.75, 3.05) is 25.1 Å². The quantitative estimate of drug-likeness (QED) is 0.458. The molecule has 0 aliphatic carbocycles. The summed E-state index contributed by atoms with van der Waals surface area (Å²) >= 11 is 0. The summed E-state index contributed by atoms with van der Waals surface area (Å²) in [5, 5.41) is 10.7. The second kappa shape index (κ2) is 10.4. The van der Waals surface area contributed by atoms with Gasteiger partial charge in [0.15, 0.2) is 11.5 Å². The van der Waals surface area contributed by atoms with Crippen LogP contribution in [0.1, 0.15) is 57.5 Å². The molecule has 0 bridgehead atoms. The van der Waals surface area contributed by atoms with Gasteiger partial charge in [-0.3, -0.25) is 10.1 Å². The summed E-state index contributed by atoms with van der Waals surface area (Å²) in [6.45, 7) is 13.4. The Morgan fingerprint density at radius 2 is 1.48 bits per heavy atom. The van der Waals surface area contributed by atoms with Gasteiger partial charge in [0.2, 0.25) is 11.6 Å². The lowest BCUT2D eigenvalue weighted by Gasteiger charge is -2.18. The lowest BCUT2D eigenvalue weighted by Crippen LogP contribution is -2.14. The number of nitrogens with zero attached hydrogens (tertiary/aromatic N) is 2. The monoisotopic (exact) mass is 453 g/mol. The normalized spacial score (nSPS) is 11.2. The van der Waals surface area contributed by atoms with E-state index in [1.165, 1.54) is 0 Å². The van der Waals surface area contributed by atoms with Crippen LogP contribution in [-0.4, -0.2) is 35.9 Å². The summed E-state index contributed by atoms with van der Waals surface area (Å²) in [6.07, 6.45) is 0. The van der Waals surface area contributed by atoms with Gasteiger partial charge in [-0.2, -0.15) is 0 Å². The van der Waals surface area contributed by atoms with Gasteiger partial charge in [0.25, 0.3) is 5.91 Å². The highest BCUT2D eigenvalue weighted by molar-refractivity contribution is 6.03. The average Bonchev–Trinajstić information content (AvgIpc) is 3.24. The molecule has 0 saturated carbocycles. The van der Waals surface area contributed by atoms with Crippen molar-refractivity contribution in [2.45, 2.75) is 47.0 Å². The van der Waals surface area contributed by atoms with Crippen LogP contribution in [0.15, 0.2) is 40.8 Å². The number of aromatic nitrogens is 2. The Bertz CT molecular complexity index is 1060. The van der Waals surface area contributed by atoms with E-state index in [2.05, 4.69) is 36.3 Å². The van der Waals surface area contributed by atoms with Crippen LogP contribution >= 0.6 is 0 Å². The molecule has 176 valence electrons. The summed E-state index contributed by atoms with van der Waals surface area (Å²) in [5.74, 6) is 1.45. The first-order valence-electron chi connectivity index (χ1n) is 11.1. The third-order valence-corrected chi connectivity index (χ3v) is 4.81. The highest BCUT2D eigenvalue weighted by atomic mass is 16.5. The molecule has 0 unspecified atom stereocenters. The first-order chi connectivity index (χ1) is 15.8. The zero-order chi connectivity index (χ0) is 24.0. The molecule has 2 aromatic carbocycles. The van der Waals surface area contributed by atoms with Crippen LogP contribution in [-0.2, 0) is 5.41 Å². The minimum Gasteiger partial charge on any atom is -0.490 e. The SMILES string of the molecule is CCOc1cc(-c2nnc(NC(=O)c3ccc(C(C)(C)C)cc3)o2)cc(OCC)c1OCC. The van der Waals surface area contributed by atoms with E-state index >= 15 is 0 Å². The number of nitrogens with one attached hydrogen (secondary N) is 1. The van der Waals surface area contributed by atoms with E-state index in [1.807, 2.05) is 32.9 Å². The zero-order valence-electron chi connectivity index (χ0n) is 20.0. The van der Waals surface area contributed by atoms with Crippen LogP contribution in [0, 0.1) is 0 Å². The van der Waals surface area contributed by atoms with Crippen LogP contribution in [0.2, 0.25) is 0 Å². The molecule has 0 fully saturated rings. The predicted octanol–water partition coefficient (Wildman–Crippen LogP) is 5.48. The van der Waals surface area contributed by atoms with Gasteiger partial charge in [-0.1, -0.05) is 38.0 Å². The number of carbonyl (C=O) groups excluding carboxylic acids is 1. The van der Waals surface area contributed by atoms with Gasteiger partial charge in [0.1, 0.15) is 0 Å². The van der Waals surface area contributed by atoms with Crippen molar-refractivity contribution in [3.63, 3.8) is 0 Å². The predicted molar refractivity (Wildman–Crippen MR) is 126 cm³/mol. The maximum absolute atomic E-state index is 12.6. The summed E-state index contributed by atoms with van der Waals surface area (Å²) in [5.41, 5.74) is 2.24. The summed E-state index contributed by atoms with van der Waals surface area (Å²) in [7, 11) is 0. The van der Waals surface area contributed by atoms with Crippen molar-refractivity contribution >= 4 is 11.9 Å². The molecule has 1 amide bonds. The Hall–Kier alpha value is -3.55. The molecule has 1 heterocycles. The summed E-state index contributed by atoms with van der Waals surface area (Å²) in [4.78, 5) is 12.6. The molecular weight excluding hydrogens is 422 g/mol. The number of carbonyl (C=O) groups is 1. The highest BCUT2D eigenvalue weighted by Gasteiger charge is 2.20. The third kappa shape index (κ3) is 5.83. The van der Waals surface area contributed by atoms with Gasteiger partial charge < -0.3 is 18.6 Å². The maximum Gasteiger partial charge on any atom is 0.322 e. The summed E-state index contributed by atoms with van der Waals surface area (Å²) in [6, 6.07) is 10.9. The molecule has 3 rings (SSSR count). The fraction of sp³-hybridized carbons (Fsp3) is 0.400. The number of ether oxygens (including phenoxy) is 3. The first kappa shape index (κ1) is 24.1. The van der Waals surface area contributed by atoms with Gasteiger partial charge in [0.05, 0.1) is 19.8 Å². The number of amides is 1. The second-order valence-corrected chi connectivity index (χ2v) is 8.29. The molecule has 3 aromatic rings. The Morgan fingerprint density at radius 1 is 0.909 bits per heavy atom. The zero-order valence-corrected chi connectivity index (χ0v) is 20.0. The van der Waals surface area contributed by atoms with Gasteiger partial charge in [-0.05, 0) is 56.0 Å². The Kier molecular flexibility index (Phi) is 7.58. The average molecular weight is 454 g/mol. The van der Waals surface area contributed by atoms with Crippen molar-refractivity contribution in [1.29, 1.82) is 0 Å². The molecular formula is C25H31N3O5. The molecule has 1 N–H and O–H groups in total. The van der Waals surface area contributed by atoms with Gasteiger partial charge >= 0.3 is 6.01 Å². The van der Waals surface area contributed by atoms with E-state index in [4.69, 9.17) is 18.6 Å². The topological polar surface area (TPSA) is 95.7 Å². The minimum atomic E-state index is -0.331. The van der Waals surface area contributed by atoms with Crippen molar-refractivity contribution in [1.82, 2.24) is 10.2 Å². The van der Waals surface area contributed by atoms with E-state index in [0.717, 1.165) is 5.56 Å². The molecule has 33 heavy (non-hydrogen) atoms. The van der Waals surface area contributed by atoms with Crippen LogP contribution < -0.4 is 19.5 Å². The molecule has 1 aromatic heterocycles. The van der Waals surface area contributed by atoms with Gasteiger partial charge in [0, 0.05) is 11.1 Å². The van der Waals surface area contributed by atoms with E-state index in [0.29, 0.717) is 48.2 Å². The largest absolute Gasteiger partial charge is 0.490 e. The van der Waals surface area contributed by atoms with E-state index < -0.39 is 0 Å².